The van der Waals surface area contributed by atoms with Crippen molar-refractivity contribution in [3.05, 3.63) is 22.3 Å². The summed E-state index contributed by atoms with van der Waals surface area (Å²) >= 11 is 0. The van der Waals surface area contributed by atoms with E-state index in [9.17, 15) is 9.90 Å². The van der Waals surface area contributed by atoms with Gasteiger partial charge in [-0.2, -0.15) is 0 Å². The molecule has 0 aromatic rings. The summed E-state index contributed by atoms with van der Waals surface area (Å²) in [5, 5.41) is 10.6. The predicted molar refractivity (Wildman–Crippen MR) is 67.6 cm³/mol. The van der Waals surface area contributed by atoms with Gasteiger partial charge in [0.1, 0.15) is 0 Å². The molecule has 1 aliphatic heterocycles. The molecule has 3 aliphatic rings. The Labute approximate surface area is 108 Å². The Morgan fingerprint density at radius 1 is 1.39 bits per heavy atom. The van der Waals surface area contributed by atoms with Gasteiger partial charge in [-0.1, -0.05) is 18.1 Å². The maximum Gasteiger partial charge on any atom is 0.336 e. The SMILES string of the molecule is CC1=C2CC3=C(C)C(=O)OC3(O)CC(C)C2CC1. The fourth-order valence-corrected chi connectivity index (χ4v) is 3.85. The van der Waals surface area contributed by atoms with Crippen LogP contribution in [0.1, 0.15) is 46.5 Å². The van der Waals surface area contributed by atoms with Crippen molar-refractivity contribution in [2.24, 2.45) is 11.8 Å². The first-order valence-electron chi connectivity index (χ1n) is 6.77. The molecule has 1 N–H and O–H groups in total. The first kappa shape index (κ1) is 12.0. The van der Waals surface area contributed by atoms with Crippen molar-refractivity contribution in [2.45, 2.75) is 52.2 Å². The topological polar surface area (TPSA) is 46.5 Å². The lowest BCUT2D eigenvalue weighted by molar-refractivity contribution is -0.186. The van der Waals surface area contributed by atoms with Crippen molar-refractivity contribution < 1.29 is 14.6 Å². The van der Waals surface area contributed by atoms with Crippen molar-refractivity contribution in [2.75, 3.05) is 0 Å². The van der Waals surface area contributed by atoms with Crippen LogP contribution in [0.5, 0.6) is 0 Å². The van der Waals surface area contributed by atoms with E-state index in [1.165, 1.54) is 17.6 Å². The minimum Gasteiger partial charge on any atom is -0.426 e. The molecule has 0 aromatic carbocycles. The molecule has 3 nitrogen and oxygen atoms in total. The predicted octanol–water partition coefficient (Wildman–Crippen LogP) is 2.70. The molecule has 0 spiro atoms. The molecule has 3 atom stereocenters. The van der Waals surface area contributed by atoms with E-state index in [2.05, 4.69) is 13.8 Å². The van der Waals surface area contributed by atoms with Crippen LogP contribution in [0, 0.1) is 11.8 Å². The molecule has 3 heteroatoms. The van der Waals surface area contributed by atoms with Gasteiger partial charge in [-0.3, -0.25) is 0 Å². The van der Waals surface area contributed by atoms with Gasteiger partial charge >= 0.3 is 5.97 Å². The molecule has 0 radical (unpaired) electrons. The number of esters is 1. The summed E-state index contributed by atoms with van der Waals surface area (Å²) in [6.45, 7) is 6.11. The molecule has 0 bridgehead atoms. The highest BCUT2D eigenvalue weighted by molar-refractivity contribution is 5.92. The number of aliphatic hydroxyl groups is 1. The van der Waals surface area contributed by atoms with Crippen molar-refractivity contribution >= 4 is 5.97 Å². The molecule has 2 aliphatic carbocycles. The largest absolute Gasteiger partial charge is 0.426 e. The van der Waals surface area contributed by atoms with Gasteiger partial charge in [0, 0.05) is 17.6 Å². The summed E-state index contributed by atoms with van der Waals surface area (Å²) in [4.78, 5) is 11.7. The monoisotopic (exact) mass is 248 g/mol. The van der Waals surface area contributed by atoms with Gasteiger partial charge in [0.15, 0.2) is 0 Å². The van der Waals surface area contributed by atoms with E-state index < -0.39 is 5.79 Å². The molecule has 1 fully saturated rings. The van der Waals surface area contributed by atoms with Gasteiger partial charge in [0.2, 0.25) is 5.79 Å². The number of allylic oxidation sites excluding steroid dienone is 2. The van der Waals surface area contributed by atoms with E-state index in [-0.39, 0.29) is 5.97 Å². The molecular weight excluding hydrogens is 228 g/mol. The second-order valence-electron chi connectivity index (χ2n) is 6.09. The lowest BCUT2D eigenvalue weighted by Crippen LogP contribution is -2.33. The number of fused-ring (bicyclic) bond motifs is 2. The molecule has 0 aromatic heterocycles. The Balaban J connectivity index is 2.10. The number of carbonyl (C=O) groups excluding carboxylic acids is 1. The quantitative estimate of drug-likeness (QED) is 0.529. The van der Waals surface area contributed by atoms with E-state index in [1.807, 2.05) is 0 Å². The minimum absolute atomic E-state index is 0.352. The van der Waals surface area contributed by atoms with Crippen LogP contribution in [0.25, 0.3) is 0 Å². The zero-order valence-electron chi connectivity index (χ0n) is 11.2. The molecule has 0 saturated heterocycles. The molecular formula is C15H20O3. The maximum atomic E-state index is 11.7. The highest BCUT2D eigenvalue weighted by Gasteiger charge is 2.50. The zero-order valence-corrected chi connectivity index (χ0v) is 11.2. The Morgan fingerprint density at radius 3 is 2.83 bits per heavy atom. The van der Waals surface area contributed by atoms with Crippen LogP contribution >= 0.6 is 0 Å². The number of carbonyl (C=O) groups is 1. The third kappa shape index (κ3) is 1.50. The summed E-state index contributed by atoms with van der Waals surface area (Å²) in [6.07, 6.45) is 3.59. The average Bonchev–Trinajstić information content (AvgIpc) is 2.70. The van der Waals surface area contributed by atoms with Gasteiger partial charge in [-0.25, -0.2) is 4.79 Å². The Hall–Kier alpha value is -1.09. The lowest BCUT2D eigenvalue weighted by atomic mass is 9.86. The fourth-order valence-electron chi connectivity index (χ4n) is 3.85. The van der Waals surface area contributed by atoms with E-state index in [4.69, 9.17) is 4.74 Å². The van der Waals surface area contributed by atoms with Crippen molar-refractivity contribution in [1.82, 2.24) is 0 Å². The second kappa shape index (κ2) is 3.70. The maximum absolute atomic E-state index is 11.7. The van der Waals surface area contributed by atoms with E-state index in [0.29, 0.717) is 23.8 Å². The summed E-state index contributed by atoms with van der Waals surface area (Å²) in [5.41, 5.74) is 4.29. The summed E-state index contributed by atoms with van der Waals surface area (Å²) < 4.78 is 5.24. The van der Waals surface area contributed by atoms with Gasteiger partial charge in [-0.05, 0) is 44.9 Å². The number of ether oxygens (including phenoxy) is 1. The number of hydrogen-bond acceptors (Lipinski definition) is 3. The normalized spacial score (nSPS) is 39.7. The molecule has 1 saturated carbocycles. The van der Waals surface area contributed by atoms with Crippen LogP contribution in [0.4, 0.5) is 0 Å². The smallest absolute Gasteiger partial charge is 0.336 e. The molecule has 98 valence electrons. The van der Waals surface area contributed by atoms with Crippen LogP contribution in [-0.4, -0.2) is 16.9 Å². The lowest BCUT2D eigenvalue weighted by Gasteiger charge is -2.26. The van der Waals surface area contributed by atoms with Crippen LogP contribution in [0.3, 0.4) is 0 Å². The Morgan fingerprint density at radius 2 is 2.11 bits per heavy atom. The van der Waals surface area contributed by atoms with Gasteiger partial charge in [0.05, 0.1) is 0 Å². The Kier molecular flexibility index (Phi) is 2.46. The number of hydrogen-bond donors (Lipinski definition) is 1. The van der Waals surface area contributed by atoms with Crippen LogP contribution < -0.4 is 0 Å². The van der Waals surface area contributed by atoms with Gasteiger partial charge < -0.3 is 9.84 Å². The molecule has 0 amide bonds. The second-order valence-corrected chi connectivity index (χ2v) is 6.09. The van der Waals surface area contributed by atoms with Crippen molar-refractivity contribution in [1.29, 1.82) is 0 Å². The van der Waals surface area contributed by atoms with Crippen LogP contribution in [0.15, 0.2) is 22.3 Å². The summed E-state index contributed by atoms with van der Waals surface area (Å²) in [6, 6.07) is 0. The van der Waals surface area contributed by atoms with E-state index >= 15 is 0 Å². The highest BCUT2D eigenvalue weighted by atomic mass is 16.7. The van der Waals surface area contributed by atoms with E-state index in [0.717, 1.165) is 18.4 Å². The highest BCUT2D eigenvalue weighted by Crippen LogP contribution is 2.50. The third-order valence-corrected chi connectivity index (χ3v) is 4.97. The van der Waals surface area contributed by atoms with Crippen LogP contribution in [-0.2, 0) is 9.53 Å². The van der Waals surface area contributed by atoms with E-state index in [1.54, 1.807) is 6.92 Å². The molecule has 1 heterocycles. The Bertz CT molecular complexity index is 486. The summed E-state index contributed by atoms with van der Waals surface area (Å²) in [5.74, 6) is -0.773. The van der Waals surface area contributed by atoms with Crippen molar-refractivity contribution in [3.63, 3.8) is 0 Å². The average molecular weight is 248 g/mol. The van der Waals surface area contributed by atoms with Crippen LogP contribution in [0.2, 0.25) is 0 Å². The molecule has 18 heavy (non-hydrogen) atoms. The van der Waals surface area contributed by atoms with Crippen molar-refractivity contribution in [3.8, 4) is 0 Å². The minimum atomic E-state index is -1.34. The zero-order chi connectivity index (χ0) is 13.1. The third-order valence-electron chi connectivity index (χ3n) is 4.97. The first-order valence-corrected chi connectivity index (χ1v) is 6.77. The summed E-state index contributed by atoms with van der Waals surface area (Å²) in [7, 11) is 0. The van der Waals surface area contributed by atoms with Gasteiger partial charge in [-0.15, -0.1) is 0 Å². The fraction of sp³-hybridized carbons (Fsp3) is 0.667. The molecule has 3 unspecified atom stereocenters. The number of rotatable bonds is 0. The first-order chi connectivity index (χ1) is 8.42. The van der Waals surface area contributed by atoms with Gasteiger partial charge in [0.25, 0.3) is 0 Å². The standard InChI is InChI=1S/C15H20O3/c1-8-4-5-11-9(2)7-15(17)13(6-12(8)11)10(3)14(16)18-15/h9,11,17H,4-7H2,1-3H3. The molecule has 3 rings (SSSR count).